The summed E-state index contributed by atoms with van der Waals surface area (Å²) in [7, 11) is 2.00. The average Bonchev–Trinajstić information content (AvgIpc) is 2.18. The zero-order valence-corrected chi connectivity index (χ0v) is 8.10. The number of anilines is 1. The van der Waals surface area contributed by atoms with Crippen molar-refractivity contribution in [2.24, 2.45) is 0 Å². The third-order valence-electron chi connectivity index (χ3n) is 2.26. The number of aldehydes is 1. The quantitative estimate of drug-likeness (QED) is 0.656. The van der Waals surface area contributed by atoms with Gasteiger partial charge in [-0.15, -0.1) is 0 Å². The molecule has 0 aliphatic carbocycles. The van der Waals surface area contributed by atoms with Crippen LogP contribution in [0.1, 0.15) is 13.3 Å². The lowest BCUT2D eigenvalue weighted by Crippen LogP contribution is -2.28. The summed E-state index contributed by atoms with van der Waals surface area (Å²) in [5.74, 6) is 0. The monoisotopic (exact) mass is 177 g/mol. The second-order valence-electron chi connectivity index (χ2n) is 3.20. The highest BCUT2D eigenvalue weighted by atomic mass is 16.1. The minimum atomic E-state index is 0.264. The number of nitrogens with zero attached hydrogens (tertiary/aromatic N) is 1. The van der Waals surface area contributed by atoms with Crippen molar-refractivity contribution < 1.29 is 4.79 Å². The van der Waals surface area contributed by atoms with Crippen molar-refractivity contribution in [2.45, 2.75) is 19.4 Å². The van der Waals surface area contributed by atoms with Crippen molar-refractivity contribution in [2.75, 3.05) is 11.9 Å². The molecule has 0 aliphatic heterocycles. The summed E-state index contributed by atoms with van der Waals surface area (Å²) in [6, 6.07) is 10.3. The van der Waals surface area contributed by atoms with E-state index in [0.29, 0.717) is 6.42 Å². The summed E-state index contributed by atoms with van der Waals surface area (Å²) in [6.07, 6.45) is 1.54. The van der Waals surface area contributed by atoms with Crippen LogP contribution >= 0.6 is 0 Å². The van der Waals surface area contributed by atoms with Crippen molar-refractivity contribution in [1.82, 2.24) is 0 Å². The topological polar surface area (TPSA) is 20.3 Å². The van der Waals surface area contributed by atoms with Gasteiger partial charge in [-0.25, -0.2) is 0 Å². The third-order valence-corrected chi connectivity index (χ3v) is 2.26. The van der Waals surface area contributed by atoms with Crippen molar-refractivity contribution in [3.63, 3.8) is 0 Å². The summed E-state index contributed by atoms with van der Waals surface area (Å²) in [6.45, 7) is 2.04. The van der Waals surface area contributed by atoms with Gasteiger partial charge in [-0.1, -0.05) is 18.2 Å². The van der Waals surface area contributed by atoms with Crippen LogP contribution in [-0.4, -0.2) is 19.4 Å². The van der Waals surface area contributed by atoms with Crippen LogP contribution in [0.4, 0.5) is 5.69 Å². The third kappa shape index (κ3) is 2.58. The van der Waals surface area contributed by atoms with Crippen LogP contribution in [0.15, 0.2) is 30.3 Å². The SMILES string of the molecule is CC(CC=O)N(C)c1ccccc1. The molecule has 1 unspecified atom stereocenters. The molecule has 0 radical (unpaired) electrons. The summed E-state index contributed by atoms with van der Waals surface area (Å²) < 4.78 is 0. The fraction of sp³-hybridized carbons (Fsp3) is 0.364. The van der Waals surface area contributed by atoms with Crippen molar-refractivity contribution in [1.29, 1.82) is 0 Å². The molecule has 0 saturated carbocycles. The minimum Gasteiger partial charge on any atom is -0.371 e. The number of hydrogen-bond acceptors (Lipinski definition) is 2. The maximum absolute atomic E-state index is 10.3. The second kappa shape index (κ2) is 4.65. The molecule has 0 aromatic heterocycles. The number of carbonyl (C=O) groups is 1. The molecule has 1 aromatic carbocycles. The summed E-state index contributed by atoms with van der Waals surface area (Å²) in [5.41, 5.74) is 1.15. The Labute approximate surface area is 79.2 Å². The van der Waals surface area contributed by atoms with E-state index in [4.69, 9.17) is 0 Å². The van der Waals surface area contributed by atoms with Gasteiger partial charge >= 0.3 is 0 Å². The van der Waals surface area contributed by atoms with Gasteiger partial charge in [-0.05, 0) is 19.1 Å². The number of rotatable bonds is 4. The highest BCUT2D eigenvalue weighted by molar-refractivity contribution is 5.54. The highest BCUT2D eigenvalue weighted by Crippen LogP contribution is 2.14. The lowest BCUT2D eigenvalue weighted by molar-refractivity contribution is -0.108. The molecule has 0 bridgehead atoms. The molecule has 0 amide bonds. The van der Waals surface area contributed by atoms with Gasteiger partial charge in [0.05, 0.1) is 0 Å². The van der Waals surface area contributed by atoms with Gasteiger partial charge in [0.25, 0.3) is 0 Å². The first kappa shape index (κ1) is 9.78. The van der Waals surface area contributed by atoms with Crippen LogP contribution in [0.2, 0.25) is 0 Å². The van der Waals surface area contributed by atoms with Crippen LogP contribution < -0.4 is 4.90 Å². The molecule has 2 heteroatoms. The maximum atomic E-state index is 10.3. The molecule has 2 nitrogen and oxygen atoms in total. The average molecular weight is 177 g/mol. The number of carbonyl (C=O) groups excluding carboxylic acids is 1. The lowest BCUT2D eigenvalue weighted by Gasteiger charge is -2.25. The summed E-state index contributed by atoms with van der Waals surface area (Å²) in [4.78, 5) is 12.4. The summed E-state index contributed by atoms with van der Waals surface area (Å²) >= 11 is 0. The number of hydrogen-bond donors (Lipinski definition) is 0. The summed E-state index contributed by atoms with van der Waals surface area (Å²) in [5, 5.41) is 0. The van der Waals surface area contributed by atoms with E-state index < -0.39 is 0 Å². The Balaban J connectivity index is 2.67. The predicted molar refractivity (Wildman–Crippen MR) is 55.0 cm³/mol. The molecule has 1 atom stereocenters. The van der Waals surface area contributed by atoms with Gasteiger partial charge in [0.15, 0.2) is 0 Å². The van der Waals surface area contributed by atoms with Crippen LogP contribution in [0.25, 0.3) is 0 Å². The van der Waals surface area contributed by atoms with Crippen LogP contribution in [0, 0.1) is 0 Å². The molecule has 0 saturated heterocycles. The van der Waals surface area contributed by atoms with E-state index in [1.54, 1.807) is 0 Å². The normalized spacial score (nSPS) is 12.2. The molecular weight excluding hydrogens is 162 g/mol. The fourth-order valence-electron chi connectivity index (χ4n) is 1.21. The first-order chi connectivity index (χ1) is 6.25. The van der Waals surface area contributed by atoms with E-state index in [1.807, 2.05) is 44.3 Å². The smallest absolute Gasteiger partial charge is 0.122 e. The van der Waals surface area contributed by atoms with Crippen LogP contribution in [0.5, 0.6) is 0 Å². The van der Waals surface area contributed by atoms with Crippen molar-refractivity contribution in [3.05, 3.63) is 30.3 Å². The molecule has 1 aromatic rings. The molecule has 0 spiro atoms. The Morgan fingerprint density at radius 1 is 1.38 bits per heavy atom. The first-order valence-electron chi connectivity index (χ1n) is 4.47. The Morgan fingerprint density at radius 3 is 2.54 bits per heavy atom. The van der Waals surface area contributed by atoms with E-state index in [2.05, 4.69) is 4.90 Å². The number of benzene rings is 1. The Hall–Kier alpha value is -1.31. The van der Waals surface area contributed by atoms with Gasteiger partial charge < -0.3 is 9.69 Å². The Kier molecular flexibility index (Phi) is 3.50. The maximum Gasteiger partial charge on any atom is 0.122 e. The molecule has 0 N–H and O–H groups in total. The molecular formula is C11H15NO. The second-order valence-corrected chi connectivity index (χ2v) is 3.20. The van der Waals surface area contributed by atoms with Crippen molar-refractivity contribution in [3.8, 4) is 0 Å². The van der Waals surface area contributed by atoms with Gasteiger partial charge in [0.2, 0.25) is 0 Å². The predicted octanol–water partition coefficient (Wildman–Crippen LogP) is 2.10. The molecule has 0 heterocycles. The molecule has 0 fully saturated rings. The largest absolute Gasteiger partial charge is 0.371 e. The van der Waals surface area contributed by atoms with Gasteiger partial charge in [-0.3, -0.25) is 0 Å². The van der Waals surface area contributed by atoms with E-state index in [9.17, 15) is 4.79 Å². The van der Waals surface area contributed by atoms with Gasteiger partial charge in [-0.2, -0.15) is 0 Å². The number of para-hydroxylation sites is 1. The zero-order chi connectivity index (χ0) is 9.68. The minimum absolute atomic E-state index is 0.264. The molecule has 70 valence electrons. The molecule has 1 rings (SSSR count). The lowest BCUT2D eigenvalue weighted by atomic mass is 10.2. The van der Waals surface area contributed by atoms with Gasteiger partial charge in [0.1, 0.15) is 6.29 Å². The first-order valence-corrected chi connectivity index (χ1v) is 4.47. The molecule has 13 heavy (non-hydrogen) atoms. The Morgan fingerprint density at radius 2 is 2.00 bits per heavy atom. The fourth-order valence-corrected chi connectivity index (χ4v) is 1.21. The van der Waals surface area contributed by atoms with Crippen LogP contribution in [0.3, 0.4) is 0 Å². The van der Waals surface area contributed by atoms with E-state index in [0.717, 1.165) is 12.0 Å². The standard InChI is InChI=1S/C11H15NO/c1-10(8-9-13)12(2)11-6-4-3-5-7-11/h3-7,9-10H,8H2,1-2H3. The van der Waals surface area contributed by atoms with E-state index in [1.165, 1.54) is 0 Å². The van der Waals surface area contributed by atoms with Crippen LogP contribution in [-0.2, 0) is 4.79 Å². The van der Waals surface area contributed by atoms with E-state index in [-0.39, 0.29) is 6.04 Å². The molecule has 0 aliphatic rings. The zero-order valence-electron chi connectivity index (χ0n) is 8.10. The van der Waals surface area contributed by atoms with E-state index >= 15 is 0 Å². The van der Waals surface area contributed by atoms with Gasteiger partial charge in [0, 0.05) is 25.2 Å². The highest BCUT2D eigenvalue weighted by Gasteiger charge is 2.07. The van der Waals surface area contributed by atoms with Crippen molar-refractivity contribution >= 4 is 12.0 Å². The Bertz CT molecular complexity index is 258.